The van der Waals surface area contributed by atoms with Gasteiger partial charge in [-0.1, -0.05) is 28.1 Å². The van der Waals surface area contributed by atoms with E-state index in [-0.39, 0.29) is 0 Å². The molecule has 1 nitrogen and oxygen atoms in total. The Morgan fingerprint density at radius 1 is 1.00 bits per heavy atom. The van der Waals surface area contributed by atoms with Gasteiger partial charge in [-0.05, 0) is 28.1 Å². The second-order valence-electron chi connectivity index (χ2n) is 2.44. The summed E-state index contributed by atoms with van der Waals surface area (Å²) >= 11 is 6.88. The molecule has 12 heavy (non-hydrogen) atoms. The molecule has 0 unspecified atom stereocenters. The Hall–Kier alpha value is -0.410. The smallest absolute Gasteiger partial charge is 0.113 e. The third-order valence-electron chi connectivity index (χ3n) is 1.70. The van der Waals surface area contributed by atoms with E-state index >= 15 is 0 Å². The Labute approximate surface area is 87.1 Å². The van der Waals surface area contributed by atoms with Gasteiger partial charge in [-0.2, -0.15) is 0 Å². The van der Waals surface area contributed by atoms with E-state index in [2.05, 4.69) is 36.8 Å². The molecule has 1 aromatic carbocycles. The molecule has 0 bridgehead atoms. The number of benzene rings is 1. The summed E-state index contributed by atoms with van der Waals surface area (Å²) in [6.45, 7) is 0. The zero-order valence-corrected chi connectivity index (χ0v) is 9.26. The highest BCUT2D eigenvalue weighted by Crippen LogP contribution is 2.27. The Morgan fingerprint density at radius 2 is 1.83 bits per heavy atom. The fourth-order valence-electron chi connectivity index (χ4n) is 1.13. The highest BCUT2D eigenvalue weighted by Gasteiger charge is 2.00. The Bertz CT molecular complexity index is 385. The molecule has 0 aliphatic rings. The number of hydrogen-bond donors (Lipinski definition) is 0. The molecule has 1 aromatic heterocycles. The van der Waals surface area contributed by atoms with E-state index in [1.165, 1.54) is 5.39 Å². The maximum Gasteiger partial charge on any atom is 0.113 e. The number of fused-ring (bicyclic) bond motifs is 1. The minimum Gasteiger partial charge on any atom is -0.249 e. The van der Waals surface area contributed by atoms with E-state index in [4.69, 9.17) is 0 Å². The highest BCUT2D eigenvalue weighted by molar-refractivity contribution is 9.11. The summed E-state index contributed by atoms with van der Waals surface area (Å²) in [4.78, 5) is 4.14. The molecule has 0 amide bonds. The second kappa shape index (κ2) is 3.15. The summed E-state index contributed by atoms with van der Waals surface area (Å²) in [5.74, 6) is 0. The molecule has 60 valence electrons. The Balaban J connectivity index is 2.94. The number of hydrogen-bond acceptors (Lipinski definition) is 1. The van der Waals surface area contributed by atoms with E-state index in [0.717, 1.165) is 14.5 Å². The number of nitrogens with zero attached hydrogens (tertiary/aromatic N) is 1. The molecule has 0 aliphatic carbocycles. The first-order valence-electron chi connectivity index (χ1n) is 3.48. The lowest BCUT2D eigenvalue weighted by Crippen LogP contribution is -1.79. The fraction of sp³-hybridized carbons (Fsp3) is 0. The lowest BCUT2D eigenvalue weighted by molar-refractivity contribution is 1.31. The van der Waals surface area contributed by atoms with Crippen LogP contribution in [0.25, 0.3) is 10.8 Å². The number of pyridine rings is 1. The summed E-state index contributed by atoms with van der Waals surface area (Å²) in [7, 11) is 0. The monoisotopic (exact) mass is 285 g/mol. The molecule has 2 rings (SSSR count). The van der Waals surface area contributed by atoms with Crippen LogP contribution in [0.2, 0.25) is 0 Å². The van der Waals surface area contributed by atoms with Gasteiger partial charge in [0.1, 0.15) is 4.60 Å². The lowest BCUT2D eigenvalue weighted by atomic mass is 10.2. The quantitative estimate of drug-likeness (QED) is 0.672. The minimum absolute atomic E-state index is 0.890. The first-order valence-corrected chi connectivity index (χ1v) is 5.06. The van der Waals surface area contributed by atoms with E-state index in [1.54, 1.807) is 6.20 Å². The van der Waals surface area contributed by atoms with Crippen LogP contribution in [0, 0.1) is 0 Å². The van der Waals surface area contributed by atoms with Gasteiger partial charge in [-0.25, -0.2) is 4.98 Å². The van der Waals surface area contributed by atoms with Crippen molar-refractivity contribution in [1.29, 1.82) is 0 Å². The largest absolute Gasteiger partial charge is 0.249 e. The van der Waals surface area contributed by atoms with Crippen LogP contribution in [0.15, 0.2) is 39.5 Å². The van der Waals surface area contributed by atoms with E-state index in [1.807, 2.05) is 24.3 Å². The molecule has 0 saturated carbocycles. The molecule has 0 spiro atoms. The number of halogens is 2. The van der Waals surface area contributed by atoms with Gasteiger partial charge >= 0.3 is 0 Å². The standard InChI is InChI=1S/C9H5Br2N/c10-8-3-1-2-7-6(8)4-5-12-9(7)11/h1-5H. The lowest BCUT2D eigenvalue weighted by Gasteiger charge is -2.00. The summed E-state index contributed by atoms with van der Waals surface area (Å²) in [6.07, 6.45) is 1.79. The fourth-order valence-corrected chi connectivity index (χ4v) is 2.10. The van der Waals surface area contributed by atoms with Crippen LogP contribution in [0.1, 0.15) is 0 Å². The molecule has 0 saturated heterocycles. The van der Waals surface area contributed by atoms with E-state index in [0.29, 0.717) is 0 Å². The van der Waals surface area contributed by atoms with Crippen LogP contribution in [-0.2, 0) is 0 Å². The van der Waals surface area contributed by atoms with Crippen molar-refractivity contribution in [1.82, 2.24) is 4.98 Å². The molecular formula is C9H5Br2N. The van der Waals surface area contributed by atoms with Gasteiger partial charge in [0.15, 0.2) is 0 Å². The summed E-state index contributed by atoms with van der Waals surface area (Å²) in [5, 5.41) is 2.31. The van der Waals surface area contributed by atoms with Crippen molar-refractivity contribution in [2.45, 2.75) is 0 Å². The Kier molecular flexibility index (Phi) is 2.15. The Morgan fingerprint density at radius 3 is 2.58 bits per heavy atom. The van der Waals surface area contributed by atoms with Crippen molar-refractivity contribution in [3.63, 3.8) is 0 Å². The average Bonchev–Trinajstić information content (AvgIpc) is 2.07. The maximum atomic E-state index is 4.14. The van der Waals surface area contributed by atoms with Crippen LogP contribution in [0.3, 0.4) is 0 Å². The van der Waals surface area contributed by atoms with Gasteiger partial charge in [-0.3, -0.25) is 0 Å². The third-order valence-corrected chi connectivity index (χ3v) is 3.03. The predicted octanol–water partition coefficient (Wildman–Crippen LogP) is 3.76. The SMILES string of the molecule is Brc1cccc2c(Br)nccc12. The molecular weight excluding hydrogens is 282 g/mol. The van der Waals surface area contributed by atoms with Crippen molar-refractivity contribution in [2.24, 2.45) is 0 Å². The van der Waals surface area contributed by atoms with Crippen LogP contribution in [0.5, 0.6) is 0 Å². The second-order valence-corrected chi connectivity index (χ2v) is 4.04. The molecule has 0 atom stereocenters. The molecule has 2 aromatic rings. The van der Waals surface area contributed by atoms with Crippen molar-refractivity contribution < 1.29 is 0 Å². The number of rotatable bonds is 0. The van der Waals surface area contributed by atoms with Gasteiger partial charge in [0, 0.05) is 21.4 Å². The summed E-state index contributed by atoms with van der Waals surface area (Å²) in [5.41, 5.74) is 0. The maximum absolute atomic E-state index is 4.14. The molecule has 1 heterocycles. The average molecular weight is 287 g/mol. The first-order chi connectivity index (χ1) is 5.79. The normalized spacial score (nSPS) is 10.5. The zero-order chi connectivity index (χ0) is 8.55. The van der Waals surface area contributed by atoms with Crippen LogP contribution in [0.4, 0.5) is 0 Å². The summed E-state index contributed by atoms with van der Waals surface area (Å²) < 4.78 is 1.99. The third kappa shape index (κ3) is 1.27. The first kappa shape index (κ1) is 8.20. The van der Waals surface area contributed by atoms with Crippen molar-refractivity contribution in [2.75, 3.05) is 0 Å². The van der Waals surface area contributed by atoms with Crippen LogP contribution in [-0.4, -0.2) is 4.98 Å². The van der Waals surface area contributed by atoms with Crippen LogP contribution >= 0.6 is 31.9 Å². The van der Waals surface area contributed by atoms with E-state index < -0.39 is 0 Å². The van der Waals surface area contributed by atoms with Gasteiger partial charge in [0.25, 0.3) is 0 Å². The molecule has 0 radical (unpaired) electrons. The van der Waals surface area contributed by atoms with Crippen molar-refractivity contribution in [3.05, 3.63) is 39.5 Å². The summed E-state index contributed by atoms with van der Waals surface area (Å²) in [6, 6.07) is 8.05. The van der Waals surface area contributed by atoms with Crippen LogP contribution < -0.4 is 0 Å². The minimum atomic E-state index is 0.890. The van der Waals surface area contributed by atoms with Gasteiger partial charge < -0.3 is 0 Å². The zero-order valence-electron chi connectivity index (χ0n) is 6.09. The van der Waals surface area contributed by atoms with Crippen molar-refractivity contribution >= 4 is 42.6 Å². The highest BCUT2D eigenvalue weighted by atomic mass is 79.9. The van der Waals surface area contributed by atoms with E-state index in [9.17, 15) is 0 Å². The molecule has 3 heteroatoms. The van der Waals surface area contributed by atoms with Gasteiger partial charge in [0.05, 0.1) is 0 Å². The van der Waals surface area contributed by atoms with Crippen molar-refractivity contribution in [3.8, 4) is 0 Å². The number of aromatic nitrogens is 1. The molecule has 0 aliphatic heterocycles. The topological polar surface area (TPSA) is 12.9 Å². The molecule has 0 fully saturated rings. The predicted molar refractivity (Wildman–Crippen MR) is 57.1 cm³/mol. The van der Waals surface area contributed by atoms with Gasteiger partial charge in [-0.15, -0.1) is 0 Å². The molecule has 0 N–H and O–H groups in total. The van der Waals surface area contributed by atoms with Gasteiger partial charge in [0.2, 0.25) is 0 Å².